The Morgan fingerprint density at radius 1 is 1.00 bits per heavy atom. The number of carbonyl (C=O) groups excluding carboxylic acids is 2. The van der Waals surface area contributed by atoms with E-state index in [1.54, 1.807) is 48.5 Å². The van der Waals surface area contributed by atoms with Gasteiger partial charge in [-0.05, 0) is 25.1 Å². The molecule has 30 heavy (non-hydrogen) atoms. The van der Waals surface area contributed by atoms with Crippen LogP contribution in [-0.4, -0.2) is 30.6 Å². The van der Waals surface area contributed by atoms with E-state index in [0.717, 1.165) is 0 Å². The Hall–Kier alpha value is -3.87. The summed E-state index contributed by atoms with van der Waals surface area (Å²) in [6.07, 6.45) is 0.182. The van der Waals surface area contributed by atoms with Gasteiger partial charge >= 0.3 is 5.97 Å². The maximum atomic E-state index is 13.1. The smallest absolute Gasteiger partial charge is 0.340 e. The van der Waals surface area contributed by atoms with Gasteiger partial charge in [-0.15, -0.1) is 0 Å². The molecule has 3 aromatic rings. The van der Waals surface area contributed by atoms with Gasteiger partial charge in [-0.1, -0.05) is 42.5 Å². The van der Waals surface area contributed by atoms with E-state index in [9.17, 15) is 9.59 Å². The van der Waals surface area contributed by atoms with Crippen molar-refractivity contribution in [3.8, 4) is 11.6 Å². The molecule has 0 aliphatic heterocycles. The average molecular weight is 406 g/mol. The van der Waals surface area contributed by atoms with Crippen LogP contribution >= 0.6 is 0 Å². The minimum atomic E-state index is -1.16. The second-order valence-electron chi connectivity index (χ2n) is 6.20. The Kier molecular flexibility index (Phi) is 7.00. The molecule has 1 N–H and O–H groups in total. The van der Waals surface area contributed by atoms with Gasteiger partial charge in [0.15, 0.2) is 0 Å². The van der Waals surface area contributed by atoms with Gasteiger partial charge in [0.25, 0.3) is 5.91 Å². The van der Waals surface area contributed by atoms with Crippen LogP contribution in [0, 0.1) is 0 Å². The summed E-state index contributed by atoms with van der Waals surface area (Å²) in [6.45, 7) is 2.31. The number of methoxy groups -OCH3 is 1. The number of hydrogen-bond donors (Lipinski definition) is 1. The predicted molar refractivity (Wildman–Crippen MR) is 112 cm³/mol. The molecule has 3 rings (SSSR count). The second-order valence-corrected chi connectivity index (χ2v) is 6.20. The van der Waals surface area contributed by atoms with Gasteiger partial charge in [0.2, 0.25) is 12.0 Å². The SMILES string of the molecule is CCOc1ccccc1NC(=O)C(OC(=O)c1ccc(OC)nc1)c1ccccc1. The Bertz CT molecular complexity index is 990. The summed E-state index contributed by atoms with van der Waals surface area (Å²) in [6, 6.07) is 18.9. The van der Waals surface area contributed by atoms with Gasteiger partial charge in [-0.25, -0.2) is 9.78 Å². The number of nitrogens with one attached hydrogen (secondary N) is 1. The summed E-state index contributed by atoms with van der Waals surface area (Å²) < 4.78 is 16.1. The molecule has 1 unspecified atom stereocenters. The second kappa shape index (κ2) is 10.1. The van der Waals surface area contributed by atoms with E-state index in [2.05, 4.69) is 10.3 Å². The highest BCUT2D eigenvalue weighted by Crippen LogP contribution is 2.27. The fraction of sp³-hybridized carbons (Fsp3) is 0.174. The summed E-state index contributed by atoms with van der Waals surface area (Å²) in [7, 11) is 1.48. The van der Waals surface area contributed by atoms with Crippen LogP contribution in [0.25, 0.3) is 0 Å². The molecule has 2 aromatic carbocycles. The van der Waals surface area contributed by atoms with E-state index >= 15 is 0 Å². The number of benzene rings is 2. The van der Waals surface area contributed by atoms with E-state index in [0.29, 0.717) is 29.5 Å². The zero-order chi connectivity index (χ0) is 21.3. The fourth-order valence-corrected chi connectivity index (χ4v) is 2.75. The molecule has 0 saturated carbocycles. The Morgan fingerprint density at radius 3 is 2.40 bits per heavy atom. The fourth-order valence-electron chi connectivity index (χ4n) is 2.75. The summed E-state index contributed by atoms with van der Waals surface area (Å²) in [5, 5.41) is 2.79. The van der Waals surface area contributed by atoms with E-state index in [1.807, 2.05) is 19.1 Å². The highest BCUT2D eigenvalue weighted by Gasteiger charge is 2.26. The van der Waals surface area contributed by atoms with Crippen molar-refractivity contribution in [3.05, 3.63) is 84.1 Å². The van der Waals surface area contributed by atoms with Crippen LogP contribution in [0.4, 0.5) is 5.69 Å². The lowest BCUT2D eigenvalue weighted by molar-refractivity contribution is -0.125. The molecule has 0 saturated heterocycles. The van der Waals surface area contributed by atoms with Crippen LogP contribution in [-0.2, 0) is 9.53 Å². The number of pyridine rings is 1. The minimum Gasteiger partial charge on any atom is -0.492 e. The predicted octanol–water partition coefficient (Wildman–Crippen LogP) is 4.03. The number of nitrogens with zero attached hydrogens (tertiary/aromatic N) is 1. The third kappa shape index (κ3) is 5.14. The molecule has 0 bridgehead atoms. The number of rotatable bonds is 8. The number of anilines is 1. The van der Waals surface area contributed by atoms with Crippen LogP contribution in [0.2, 0.25) is 0 Å². The van der Waals surface area contributed by atoms with Crippen LogP contribution in [0.3, 0.4) is 0 Å². The zero-order valence-corrected chi connectivity index (χ0v) is 16.7. The lowest BCUT2D eigenvalue weighted by Crippen LogP contribution is -2.26. The molecule has 0 aliphatic rings. The monoisotopic (exact) mass is 406 g/mol. The topological polar surface area (TPSA) is 86.8 Å². The number of carbonyl (C=O) groups is 2. The zero-order valence-electron chi connectivity index (χ0n) is 16.7. The van der Waals surface area contributed by atoms with Crippen molar-refractivity contribution in [2.24, 2.45) is 0 Å². The maximum absolute atomic E-state index is 13.1. The molecule has 1 amide bonds. The Morgan fingerprint density at radius 2 is 1.73 bits per heavy atom. The summed E-state index contributed by atoms with van der Waals surface area (Å²) in [4.78, 5) is 29.7. The van der Waals surface area contributed by atoms with E-state index in [-0.39, 0.29) is 5.56 Å². The molecule has 7 heteroatoms. The lowest BCUT2D eigenvalue weighted by Gasteiger charge is -2.19. The number of amides is 1. The molecular formula is C23H22N2O5. The first-order valence-corrected chi connectivity index (χ1v) is 9.41. The van der Waals surface area contributed by atoms with Crippen molar-refractivity contribution in [1.29, 1.82) is 0 Å². The van der Waals surface area contributed by atoms with Crippen molar-refractivity contribution < 1.29 is 23.8 Å². The standard InChI is InChI=1S/C23H22N2O5/c1-3-29-19-12-8-7-11-18(19)25-22(26)21(16-9-5-4-6-10-16)30-23(27)17-13-14-20(28-2)24-15-17/h4-15,21H,3H2,1-2H3,(H,25,26). The van der Waals surface area contributed by atoms with Crippen LogP contribution < -0.4 is 14.8 Å². The number of ether oxygens (including phenoxy) is 3. The normalized spacial score (nSPS) is 11.3. The number of esters is 1. The van der Waals surface area contributed by atoms with Crippen LogP contribution in [0.15, 0.2) is 72.9 Å². The van der Waals surface area contributed by atoms with Gasteiger partial charge < -0.3 is 19.5 Å². The molecule has 7 nitrogen and oxygen atoms in total. The molecule has 154 valence electrons. The quantitative estimate of drug-likeness (QED) is 0.569. The molecule has 0 aliphatic carbocycles. The Labute approximate surface area is 174 Å². The molecule has 0 spiro atoms. The van der Waals surface area contributed by atoms with Crippen molar-refractivity contribution in [2.75, 3.05) is 19.0 Å². The number of hydrogen-bond acceptors (Lipinski definition) is 6. The lowest BCUT2D eigenvalue weighted by atomic mass is 10.1. The van der Waals surface area contributed by atoms with Gasteiger partial charge in [0, 0.05) is 17.8 Å². The molecule has 1 heterocycles. The summed E-state index contributed by atoms with van der Waals surface area (Å²) >= 11 is 0. The highest BCUT2D eigenvalue weighted by molar-refractivity contribution is 5.98. The molecule has 0 radical (unpaired) electrons. The van der Waals surface area contributed by atoms with Crippen LogP contribution in [0.5, 0.6) is 11.6 Å². The van der Waals surface area contributed by atoms with Crippen molar-refractivity contribution >= 4 is 17.6 Å². The van der Waals surface area contributed by atoms with Crippen molar-refractivity contribution in [2.45, 2.75) is 13.0 Å². The number of aromatic nitrogens is 1. The third-order valence-corrected chi connectivity index (χ3v) is 4.19. The molecule has 1 aromatic heterocycles. The van der Waals surface area contributed by atoms with E-state index < -0.39 is 18.0 Å². The average Bonchev–Trinajstić information content (AvgIpc) is 2.79. The maximum Gasteiger partial charge on any atom is 0.340 e. The first-order chi connectivity index (χ1) is 14.6. The largest absolute Gasteiger partial charge is 0.492 e. The van der Waals surface area contributed by atoms with Gasteiger partial charge in [-0.3, -0.25) is 4.79 Å². The molecule has 1 atom stereocenters. The highest BCUT2D eigenvalue weighted by atomic mass is 16.5. The van der Waals surface area contributed by atoms with Gasteiger partial charge in [-0.2, -0.15) is 0 Å². The number of para-hydroxylation sites is 2. The molecular weight excluding hydrogens is 384 g/mol. The first kappa shape index (κ1) is 20.9. The first-order valence-electron chi connectivity index (χ1n) is 9.41. The van der Waals surface area contributed by atoms with E-state index in [1.165, 1.54) is 19.4 Å². The van der Waals surface area contributed by atoms with Crippen LogP contribution in [0.1, 0.15) is 28.9 Å². The summed E-state index contributed by atoms with van der Waals surface area (Å²) in [5.41, 5.74) is 1.24. The molecule has 0 fully saturated rings. The van der Waals surface area contributed by atoms with Gasteiger partial charge in [0.1, 0.15) is 5.75 Å². The Balaban J connectivity index is 1.84. The van der Waals surface area contributed by atoms with Crippen molar-refractivity contribution in [1.82, 2.24) is 4.98 Å². The van der Waals surface area contributed by atoms with E-state index in [4.69, 9.17) is 14.2 Å². The third-order valence-electron chi connectivity index (χ3n) is 4.19. The van der Waals surface area contributed by atoms with Gasteiger partial charge in [0.05, 0.1) is 25.0 Å². The van der Waals surface area contributed by atoms with Crippen molar-refractivity contribution in [3.63, 3.8) is 0 Å². The summed E-state index contributed by atoms with van der Waals surface area (Å²) in [5.74, 6) is -0.266. The minimum absolute atomic E-state index is 0.208.